The number of hydrogen-bond donors (Lipinski definition) is 1. The lowest BCUT2D eigenvalue weighted by Gasteiger charge is -2.09. The normalized spacial score (nSPS) is 11.6. The van der Waals surface area contributed by atoms with Gasteiger partial charge >= 0.3 is 0 Å². The molecule has 0 aromatic heterocycles. The molecule has 0 aliphatic heterocycles. The molecule has 0 heterocycles. The van der Waals surface area contributed by atoms with Gasteiger partial charge in [0.15, 0.2) is 0 Å². The van der Waals surface area contributed by atoms with E-state index in [9.17, 15) is 8.42 Å². The summed E-state index contributed by atoms with van der Waals surface area (Å²) in [6, 6.07) is 4.55. The predicted molar refractivity (Wildman–Crippen MR) is 84.4 cm³/mol. The van der Waals surface area contributed by atoms with Gasteiger partial charge in [-0.25, -0.2) is 13.6 Å². The summed E-state index contributed by atoms with van der Waals surface area (Å²) >= 11 is 3.30. The number of primary sulfonamides is 1. The van der Waals surface area contributed by atoms with Gasteiger partial charge in [-0.3, -0.25) is 0 Å². The van der Waals surface area contributed by atoms with Gasteiger partial charge in [0.2, 0.25) is 10.0 Å². The van der Waals surface area contributed by atoms with Crippen LogP contribution < -0.4 is 9.88 Å². The SMILES string of the molecule is CCCCCCCCOc1ccc(S(N)(=O)=O)cc1Br. The quantitative estimate of drug-likeness (QED) is 0.677. The number of sulfonamides is 1. The van der Waals surface area contributed by atoms with E-state index in [1.807, 2.05) is 0 Å². The molecule has 0 radical (unpaired) electrons. The summed E-state index contributed by atoms with van der Waals surface area (Å²) in [7, 11) is -3.67. The number of halogens is 1. The summed E-state index contributed by atoms with van der Waals surface area (Å²) in [6.07, 6.45) is 7.23. The molecule has 4 nitrogen and oxygen atoms in total. The van der Waals surface area contributed by atoms with Crippen LogP contribution in [-0.4, -0.2) is 15.0 Å². The fourth-order valence-electron chi connectivity index (χ4n) is 1.84. The van der Waals surface area contributed by atoms with Crippen LogP contribution in [0.25, 0.3) is 0 Å². The Hall–Kier alpha value is -0.590. The number of unbranched alkanes of at least 4 members (excludes halogenated alkanes) is 5. The molecule has 20 heavy (non-hydrogen) atoms. The smallest absolute Gasteiger partial charge is 0.238 e. The number of hydrogen-bond acceptors (Lipinski definition) is 3. The Kier molecular flexibility index (Phi) is 7.55. The largest absolute Gasteiger partial charge is 0.492 e. The van der Waals surface area contributed by atoms with E-state index < -0.39 is 10.0 Å². The van der Waals surface area contributed by atoms with E-state index in [0.717, 1.165) is 12.8 Å². The molecule has 1 aromatic carbocycles. The van der Waals surface area contributed by atoms with Gasteiger partial charge in [0.25, 0.3) is 0 Å². The number of rotatable bonds is 9. The van der Waals surface area contributed by atoms with Crippen LogP contribution in [0.3, 0.4) is 0 Å². The molecule has 0 bridgehead atoms. The molecule has 0 saturated carbocycles. The average Bonchev–Trinajstić information content (AvgIpc) is 2.38. The predicted octanol–water partition coefficient (Wildman–Crippen LogP) is 3.84. The average molecular weight is 364 g/mol. The van der Waals surface area contributed by atoms with Crippen molar-refractivity contribution in [2.24, 2.45) is 5.14 Å². The first-order valence-electron chi connectivity index (χ1n) is 6.90. The first-order chi connectivity index (χ1) is 9.45. The highest BCUT2D eigenvalue weighted by Gasteiger charge is 2.10. The molecule has 0 atom stereocenters. The fourth-order valence-corrected chi connectivity index (χ4v) is 3.02. The van der Waals surface area contributed by atoms with Crippen LogP contribution in [0.1, 0.15) is 45.4 Å². The van der Waals surface area contributed by atoms with E-state index in [0.29, 0.717) is 16.8 Å². The molecule has 0 aliphatic rings. The van der Waals surface area contributed by atoms with Crippen LogP contribution in [0.5, 0.6) is 5.75 Å². The Morgan fingerprint density at radius 1 is 1.15 bits per heavy atom. The first-order valence-corrected chi connectivity index (χ1v) is 9.24. The van der Waals surface area contributed by atoms with E-state index in [1.54, 1.807) is 6.07 Å². The second-order valence-corrected chi connectivity index (χ2v) is 7.17. The highest BCUT2D eigenvalue weighted by Crippen LogP contribution is 2.27. The second kappa shape index (κ2) is 8.64. The Morgan fingerprint density at radius 2 is 1.80 bits per heavy atom. The Balaban J connectivity index is 2.38. The summed E-state index contributed by atoms with van der Waals surface area (Å²) < 4.78 is 28.6. The van der Waals surface area contributed by atoms with Crippen LogP contribution in [0.15, 0.2) is 27.6 Å². The van der Waals surface area contributed by atoms with Crippen molar-refractivity contribution in [2.45, 2.75) is 50.3 Å². The lowest BCUT2D eigenvalue weighted by atomic mass is 10.1. The van der Waals surface area contributed by atoms with E-state index in [4.69, 9.17) is 9.88 Å². The maximum atomic E-state index is 11.2. The van der Waals surface area contributed by atoms with Crippen molar-refractivity contribution in [1.29, 1.82) is 0 Å². The molecular formula is C14H22BrNO3S. The number of benzene rings is 1. The molecule has 6 heteroatoms. The highest BCUT2D eigenvalue weighted by molar-refractivity contribution is 9.10. The molecule has 2 N–H and O–H groups in total. The summed E-state index contributed by atoms with van der Waals surface area (Å²) in [5, 5.41) is 5.07. The minimum atomic E-state index is -3.67. The molecule has 114 valence electrons. The van der Waals surface area contributed by atoms with Crippen molar-refractivity contribution in [3.05, 3.63) is 22.7 Å². The highest BCUT2D eigenvalue weighted by atomic mass is 79.9. The van der Waals surface area contributed by atoms with E-state index in [1.165, 1.54) is 37.8 Å². The lowest BCUT2D eigenvalue weighted by Crippen LogP contribution is -2.12. The van der Waals surface area contributed by atoms with Gasteiger partial charge in [-0.1, -0.05) is 39.0 Å². The number of ether oxygens (including phenoxy) is 1. The van der Waals surface area contributed by atoms with Gasteiger partial charge in [-0.2, -0.15) is 0 Å². The molecular weight excluding hydrogens is 342 g/mol. The molecule has 0 aliphatic carbocycles. The zero-order chi connectivity index (χ0) is 15.0. The van der Waals surface area contributed by atoms with Gasteiger partial charge < -0.3 is 4.74 Å². The first kappa shape index (κ1) is 17.5. The minimum Gasteiger partial charge on any atom is -0.492 e. The molecule has 0 amide bonds. The Bertz CT molecular complexity index is 517. The van der Waals surface area contributed by atoms with Gasteiger partial charge in [-0.15, -0.1) is 0 Å². The third-order valence-corrected chi connectivity index (χ3v) is 4.52. The minimum absolute atomic E-state index is 0.0799. The summed E-state index contributed by atoms with van der Waals surface area (Å²) in [5.74, 6) is 0.644. The van der Waals surface area contributed by atoms with Gasteiger partial charge in [0.05, 0.1) is 16.0 Å². The molecule has 0 saturated heterocycles. The van der Waals surface area contributed by atoms with Crippen LogP contribution >= 0.6 is 15.9 Å². The van der Waals surface area contributed by atoms with Crippen molar-refractivity contribution >= 4 is 26.0 Å². The van der Waals surface area contributed by atoms with E-state index in [2.05, 4.69) is 22.9 Å². The lowest BCUT2D eigenvalue weighted by molar-refractivity contribution is 0.302. The van der Waals surface area contributed by atoms with Gasteiger partial charge in [0, 0.05) is 0 Å². The Morgan fingerprint density at radius 3 is 2.40 bits per heavy atom. The third-order valence-electron chi connectivity index (χ3n) is 2.99. The van der Waals surface area contributed by atoms with E-state index >= 15 is 0 Å². The van der Waals surface area contributed by atoms with Crippen molar-refractivity contribution in [3.8, 4) is 5.75 Å². The van der Waals surface area contributed by atoms with E-state index in [-0.39, 0.29) is 4.90 Å². The van der Waals surface area contributed by atoms with Crippen molar-refractivity contribution in [3.63, 3.8) is 0 Å². The second-order valence-electron chi connectivity index (χ2n) is 4.75. The maximum Gasteiger partial charge on any atom is 0.238 e. The molecule has 1 aromatic rings. The van der Waals surface area contributed by atoms with Gasteiger partial charge in [-0.05, 0) is 40.5 Å². The fraction of sp³-hybridized carbons (Fsp3) is 0.571. The van der Waals surface area contributed by atoms with Crippen molar-refractivity contribution < 1.29 is 13.2 Å². The van der Waals surface area contributed by atoms with Crippen LogP contribution in [0.4, 0.5) is 0 Å². The molecule has 0 fully saturated rings. The van der Waals surface area contributed by atoms with Crippen molar-refractivity contribution in [1.82, 2.24) is 0 Å². The molecule has 0 spiro atoms. The maximum absolute atomic E-state index is 11.2. The Labute approximate surface area is 129 Å². The molecule has 1 rings (SSSR count). The zero-order valence-electron chi connectivity index (χ0n) is 11.8. The topological polar surface area (TPSA) is 69.4 Å². The van der Waals surface area contributed by atoms with Crippen LogP contribution in [-0.2, 0) is 10.0 Å². The standard InChI is InChI=1S/C14H22BrNO3S/c1-2-3-4-5-6-7-10-19-14-9-8-12(11-13(14)15)20(16,17)18/h8-9,11H,2-7,10H2,1H3,(H2,16,17,18). The zero-order valence-corrected chi connectivity index (χ0v) is 14.2. The number of nitrogens with two attached hydrogens (primary N) is 1. The summed E-state index contributed by atoms with van der Waals surface area (Å²) in [6.45, 7) is 2.84. The van der Waals surface area contributed by atoms with Crippen LogP contribution in [0.2, 0.25) is 0 Å². The monoisotopic (exact) mass is 363 g/mol. The summed E-state index contributed by atoms with van der Waals surface area (Å²) in [5.41, 5.74) is 0. The third kappa shape index (κ3) is 6.24. The van der Waals surface area contributed by atoms with Gasteiger partial charge in [0.1, 0.15) is 5.75 Å². The van der Waals surface area contributed by atoms with Crippen LogP contribution in [0, 0.1) is 0 Å². The molecule has 0 unspecified atom stereocenters. The summed E-state index contributed by atoms with van der Waals surface area (Å²) in [4.78, 5) is 0.0799. The van der Waals surface area contributed by atoms with Crippen molar-refractivity contribution in [2.75, 3.05) is 6.61 Å².